The predicted molar refractivity (Wildman–Crippen MR) is 44.2 cm³/mol. The maximum absolute atomic E-state index is 13.3. The first-order valence-corrected chi connectivity index (χ1v) is 5.59. The number of ether oxygens (including phenoxy) is 1. The van der Waals surface area contributed by atoms with Crippen LogP contribution in [0, 0.1) is 23.3 Å². The minimum atomic E-state index is -4.72. The zero-order valence-electron chi connectivity index (χ0n) is 7.97. The number of hydrogen-bond acceptors (Lipinski definition) is 4. The number of fused-ring (bicyclic) bond motifs is 1. The molecule has 0 bridgehead atoms. The summed E-state index contributed by atoms with van der Waals surface area (Å²) in [5, 5.41) is 0. The lowest BCUT2D eigenvalue weighted by Crippen LogP contribution is -2.13. The van der Waals surface area contributed by atoms with Crippen LogP contribution in [-0.2, 0) is 25.6 Å². The molecule has 9 heteroatoms. The van der Waals surface area contributed by atoms with Gasteiger partial charge in [0.1, 0.15) is 4.90 Å². The van der Waals surface area contributed by atoms with Crippen LogP contribution in [0.1, 0.15) is 5.56 Å². The van der Waals surface area contributed by atoms with E-state index in [0.29, 0.717) is 0 Å². The molecule has 0 fully saturated rings. The molecule has 0 atom stereocenters. The van der Waals surface area contributed by atoms with E-state index in [1.807, 2.05) is 0 Å². The number of benzene rings is 1. The van der Waals surface area contributed by atoms with Crippen molar-refractivity contribution >= 4 is 10.1 Å². The van der Waals surface area contributed by atoms with Crippen LogP contribution in [0.4, 0.5) is 17.6 Å². The monoisotopic (exact) mass is 272 g/mol. The second-order valence-corrected chi connectivity index (χ2v) is 4.65. The van der Waals surface area contributed by atoms with Crippen molar-refractivity contribution in [3.05, 3.63) is 28.8 Å². The Bertz CT molecular complexity index is 584. The number of hydrogen-bond donors (Lipinski definition) is 0. The molecule has 0 radical (unpaired) electrons. The van der Waals surface area contributed by atoms with Gasteiger partial charge in [0, 0.05) is 5.56 Å². The summed E-state index contributed by atoms with van der Waals surface area (Å²) in [7, 11) is -4.72. The third-order valence-electron chi connectivity index (χ3n) is 2.10. The van der Waals surface area contributed by atoms with E-state index in [0.717, 1.165) is 0 Å². The van der Waals surface area contributed by atoms with Gasteiger partial charge in [-0.05, 0) is 0 Å². The van der Waals surface area contributed by atoms with E-state index in [4.69, 9.17) is 0 Å². The average Bonchev–Trinajstić information content (AvgIpc) is 2.42. The van der Waals surface area contributed by atoms with E-state index in [9.17, 15) is 26.0 Å². The van der Waals surface area contributed by atoms with E-state index < -0.39 is 57.2 Å². The third kappa shape index (κ3) is 1.79. The van der Waals surface area contributed by atoms with Crippen LogP contribution in [0.5, 0.6) is 0 Å². The molecule has 0 aliphatic carbocycles. The van der Waals surface area contributed by atoms with Gasteiger partial charge in [-0.25, -0.2) is 21.7 Å². The summed E-state index contributed by atoms with van der Waals surface area (Å²) in [6, 6.07) is 0. The molecule has 0 amide bonds. The number of rotatable bonds is 0. The van der Waals surface area contributed by atoms with E-state index >= 15 is 0 Å². The van der Waals surface area contributed by atoms with Gasteiger partial charge >= 0.3 is 10.1 Å². The van der Waals surface area contributed by atoms with Gasteiger partial charge in [0.15, 0.2) is 30.1 Å². The van der Waals surface area contributed by atoms with Crippen LogP contribution in [0.3, 0.4) is 0 Å². The summed E-state index contributed by atoms with van der Waals surface area (Å²) in [5.41, 5.74) is -0.932. The minimum Gasteiger partial charge on any atom is -0.349 e. The van der Waals surface area contributed by atoms with Gasteiger partial charge in [-0.15, -0.1) is 0 Å². The molecule has 1 heterocycles. The second kappa shape index (κ2) is 3.93. The van der Waals surface area contributed by atoms with Gasteiger partial charge in [0.2, 0.25) is 0 Å². The fourth-order valence-corrected chi connectivity index (χ4v) is 2.42. The molecule has 1 aromatic rings. The highest BCUT2D eigenvalue weighted by Gasteiger charge is 2.35. The summed E-state index contributed by atoms with van der Waals surface area (Å²) in [4.78, 5) is -1.37. The van der Waals surface area contributed by atoms with E-state index in [1.54, 1.807) is 0 Å². The van der Waals surface area contributed by atoms with Crippen molar-refractivity contribution in [2.45, 2.75) is 11.5 Å². The van der Waals surface area contributed by atoms with Crippen molar-refractivity contribution in [2.75, 3.05) is 6.79 Å². The normalized spacial score (nSPS) is 18.6. The van der Waals surface area contributed by atoms with Crippen molar-refractivity contribution in [1.29, 1.82) is 0 Å². The first-order valence-electron chi connectivity index (χ1n) is 4.18. The SMILES string of the molecule is O=S1(=O)OCOCc2c(F)c(F)c(F)c(F)c21. The molecule has 0 spiro atoms. The average molecular weight is 272 g/mol. The first kappa shape index (κ1) is 12.3. The van der Waals surface area contributed by atoms with Crippen LogP contribution in [0.15, 0.2) is 4.90 Å². The van der Waals surface area contributed by atoms with Crippen LogP contribution in [0.2, 0.25) is 0 Å². The Hall–Kier alpha value is -1.19. The maximum atomic E-state index is 13.3. The van der Waals surface area contributed by atoms with Crippen molar-refractivity contribution < 1.29 is 34.9 Å². The third-order valence-corrected chi connectivity index (χ3v) is 3.43. The minimum absolute atomic E-state index is 0.742. The predicted octanol–water partition coefficient (Wildman–Crippen LogP) is 1.44. The molecule has 0 N–H and O–H groups in total. The fraction of sp³-hybridized carbons (Fsp3) is 0.250. The molecule has 1 aliphatic rings. The highest BCUT2D eigenvalue weighted by Crippen LogP contribution is 2.31. The second-order valence-electron chi connectivity index (χ2n) is 3.10. The Morgan fingerprint density at radius 1 is 0.941 bits per heavy atom. The Morgan fingerprint density at radius 3 is 2.18 bits per heavy atom. The lowest BCUT2D eigenvalue weighted by atomic mass is 10.2. The standard InChI is InChI=1S/C8H4F4O4S/c9-4-3-1-15-2-16-17(13,14)8(3)7(12)6(11)5(4)10/h1-2H2. The van der Waals surface area contributed by atoms with Crippen molar-refractivity contribution in [2.24, 2.45) is 0 Å². The molecular weight excluding hydrogens is 268 g/mol. The topological polar surface area (TPSA) is 52.6 Å². The van der Waals surface area contributed by atoms with Crippen molar-refractivity contribution in [1.82, 2.24) is 0 Å². The van der Waals surface area contributed by atoms with Gasteiger partial charge in [-0.1, -0.05) is 0 Å². The molecule has 0 saturated carbocycles. The highest BCUT2D eigenvalue weighted by molar-refractivity contribution is 7.86. The van der Waals surface area contributed by atoms with Gasteiger partial charge in [-0.3, -0.25) is 0 Å². The largest absolute Gasteiger partial charge is 0.349 e. The summed E-state index contributed by atoms with van der Waals surface area (Å²) in [6.45, 7) is -1.53. The fourth-order valence-electron chi connectivity index (χ4n) is 1.35. The summed E-state index contributed by atoms with van der Waals surface area (Å²) >= 11 is 0. The maximum Gasteiger partial charge on any atom is 0.302 e. The molecule has 17 heavy (non-hydrogen) atoms. The molecule has 1 aliphatic heterocycles. The molecule has 0 unspecified atom stereocenters. The van der Waals surface area contributed by atoms with E-state index in [-0.39, 0.29) is 0 Å². The van der Waals surface area contributed by atoms with Crippen LogP contribution in [-0.4, -0.2) is 15.2 Å². The Morgan fingerprint density at radius 2 is 1.53 bits per heavy atom. The highest BCUT2D eigenvalue weighted by atomic mass is 32.2. The summed E-state index contributed by atoms with van der Waals surface area (Å²) in [5.74, 6) is -8.14. The lowest BCUT2D eigenvalue weighted by Gasteiger charge is -2.08. The molecule has 4 nitrogen and oxygen atoms in total. The lowest BCUT2D eigenvalue weighted by molar-refractivity contribution is 0.0129. The van der Waals surface area contributed by atoms with Crippen molar-refractivity contribution in [3.8, 4) is 0 Å². The Balaban J connectivity index is 2.89. The summed E-state index contributed by atoms with van der Waals surface area (Å²) in [6.07, 6.45) is 0. The van der Waals surface area contributed by atoms with E-state index in [2.05, 4.69) is 8.92 Å². The zero-order chi connectivity index (χ0) is 12.8. The molecule has 2 rings (SSSR count). The quantitative estimate of drug-likeness (QED) is 0.310. The molecular formula is C8H4F4O4S. The van der Waals surface area contributed by atoms with Gasteiger partial charge in [0.25, 0.3) is 0 Å². The summed E-state index contributed by atoms with van der Waals surface area (Å²) < 4.78 is 83.6. The Labute approximate surface area is 92.9 Å². The molecule has 0 aromatic heterocycles. The smallest absolute Gasteiger partial charge is 0.302 e. The van der Waals surface area contributed by atoms with Crippen molar-refractivity contribution in [3.63, 3.8) is 0 Å². The van der Waals surface area contributed by atoms with Gasteiger partial charge < -0.3 is 4.74 Å². The van der Waals surface area contributed by atoms with Gasteiger partial charge in [0.05, 0.1) is 6.61 Å². The molecule has 1 aromatic carbocycles. The number of halogens is 4. The van der Waals surface area contributed by atoms with Crippen LogP contribution >= 0.6 is 0 Å². The van der Waals surface area contributed by atoms with Gasteiger partial charge in [-0.2, -0.15) is 8.42 Å². The van der Waals surface area contributed by atoms with E-state index in [1.165, 1.54) is 0 Å². The van der Waals surface area contributed by atoms with Crippen LogP contribution < -0.4 is 0 Å². The molecule has 94 valence electrons. The van der Waals surface area contributed by atoms with Crippen LogP contribution in [0.25, 0.3) is 0 Å². The first-order chi connectivity index (χ1) is 7.86. The molecule has 0 saturated heterocycles. The zero-order valence-corrected chi connectivity index (χ0v) is 8.78. The Kier molecular flexibility index (Phi) is 2.84.